The number of carbonyl (C=O) groups excluding carboxylic acids is 2. The van der Waals surface area contributed by atoms with Crippen molar-refractivity contribution >= 4 is 52.4 Å². The van der Waals surface area contributed by atoms with Gasteiger partial charge in [-0.2, -0.15) is 0 Å². The lowest BCUT2D eigenvalue weighted by Gasteiger charge is -2.27. The average molecular weight is 446 g/mol. The second kappa shape index (κ2) is 8.56. The molecule has 0 aliphatic carbocycles. The molecule has 3 heterocycles. The van der Waals surface area contributed by atoms with E-state index in [2.05, 4.69) is 22.2 Å². The van der Waals surface area contributed by atoms with Gasteiger partial charge in [-0.15, -0.1) is 6.58 Å². The summed E-state index contributed by atoms with van der Waals surface area (Å²) in [7, 11) is 0. The third-order valence-electron chi connectivity index (χ3n) is 4.83. The zero-order valence-electron chi connectivity index (χ0n) is 17.2. The normalized spacial score (nSPS) is 15.2. The summed E-state index contributed by atoms with van der Waals surface area (Å²) in [6.45, 7) is 5.59. The summed E-state index contributed by atoms with van der Waals surface area (Å²) in [6, 6.07) is 12.7. The number of hydrogen-bond acceptors (Lipinski definition) is 6. The van der Waals surface area contributed by atoms with Crippen molar-refractivity contribution in [2.24, 2.45) is 0 Å². The second-order valence-electron chi connectivity index (χ2n) is 7.13. The number of amides is 2. The molecule has 1 fully saturated rings. The predicted molar refractivity (Wildman–Crippen MR) is 127 cm³/mol. The number of rotatable bonds is 5. The molecular formula is C23H19N5O3S. The van der Waals surface area contributed by atoms with Crippen molar-refractivity contribution in [2.75, 3.05) is 11.9 Å². The van der Waals surface area contributed by atoms with E-state index in [1.807, 2.05) is 43.3 Å². The molecule has 0 atom stereocenters. The number of para-hydroxylation sites is 1. The molecular weight excluding hydrogens is 426 g/mol. The molecule has 3 aromatic rings. The largest absolute Gasteiger partial charge is 0.339 e. The van der Waals surface area contributed by atoms with Gasteiger partial charge in [-0.05, 0) is 49.0 Å². The summed E-state index contributed by atoms with van der Waals surface area (Å²) in [5, 5.41) is 5.59. The Morgan fingerprint density at radius 3 is 2.62 bits per heavy atom. The molecule has 4 rings (SSSR count). The van der Waals surface area contributed by atoms with Gasteiger partial charge in [0.05, 0.1) is 5.56 Å². The maximum atomic E-state index is 13.4. The van der Waals surface area contributed by atoms with Gasteiger partial charge in [0.15, 0.2) is 5.11 Å². The van der Waals surface area contributed by atoms with Crippen LogP contribution in [0.4, 0.5) is 11.5 Å². The maximum absolute atomic E-state index is 13.4. The molecule has 1 saturated heterocycles. The fourth-order valence-corrected chi connectivity index (χ4v) is 3.53. The van der Waals surface area contributed by atoms with Gasteiger partial charge in [-0.3, -0.25) is 29.0 Å². The molecule has 1 aromatic carbocycles. The highest BCUT2D eigenvalue weighted by Crippen LogP contribution is 2.21. The number of aryl methyl sites for hydroxylation is 1. The van der Waals surface area contributed by atoms with Gasteiger partial charge in [-0.1, -0.05) is 30.3 Å². The van der Waals surface area contributed by atoms with Crippen LogP contribution in [0.5, 0.6) is 0 Å². The number of fused-ring (bicyclic) bond motifs is 1. The van der Waals surface area contributed by atoms with E-state index in [0.717, 1.165) is 5.56 Å². The summed E-state index contributed by atoms with van der Waals surface area (Å²) in [5.74, 6) is -1.07. The number of nitrogens with zero attached hydrogens (tertiary/aromatic N) is 3. The number of hydrogen-bond donors (Lipinski definition) is 2. The van der Waals surface area contributed by atoms with Crippen LogP contribution in [0, 0.1) is 6.92 Å². The highest BCUT2D eigenvalue weighted by molar-refractivity contribution is 7.80. The van der Waals surface area contributed by atoms with Gasteiger partial charge in [0.1, 0.15) is 17.0 Å². The molecule has 1 aliphatic rings. The molecule has 160 valence electrons. The van der Waals surface area contributed by atoms with E-state index in [0.29, 0.717) is 11.3 Å². The van der Waals surface area contributed by atoms with Gasteiger partial charge in [0.25, 0.3) is 17.4 Å². The number of carbonyl (C=O) groups is 2. The molecule has 2 N–H and O–H groups in total. The summed E-state index contributed by atoms with van der Waals surface area (Å²) >= 11 is 5.09. The zero-order valence-corrected chi connectivity index (χ0v) is 18.0. The molecule has 0 spiro atoms. The molecule has 0 unspecified atom stereocenters. The zero-order chi connectivity index (χ0) is 22.8. The summed E-state index contributed by atoms with van der Waals surface area (Å²) in [4.78, 5) is 44.7. The smallest absolute Gasteiger partial charge is 0.267 e. The van der Waals surface area contributed by atoms with Crippen LogP contribution < -0.4 is 16.2 Å². The van der Waals surface area contributed by atoms with Gasteiger partial charge in [0.2, 0.25) is 0 Å². The van der Waals surface area contributed by atoms with Crippen LogP contribution in [-0.4, -0.2) is 37.8 Å². The fourth-order valence-electron chi connectivity index (χ4n) is 3.28. The predicted octanol–water partition coefficient (Wildman–Crippen LogP) is 2.56. The first-order valence-corrected chi connectivity index (χ1v) is 10.1. The van der Waals surface area contributed by atoms with Crippen molar-refractivity contribution in [3.8, 4) is 0 Å². The van der Waals surface area contributed by atoms with Crippen molar-refractivity contribution in [1.82, 2.24) is 19.6 Å². The number of benzene rings is 1. The molecule has 0 saturated carbocycles. The summed E-state index contributed by atoms with van der Waals surface area (Å²) < 4.78 is 1.38. The highest BCUT2D eigenvalue weighted by atomic mass is 32.1. The van der Waals surface area contributed by atoms with Crippen LogP contribution >= 0.6 is 12.2 Å². The van der Waals surface area contributed by atoms with E-state index in [1.54, 1.807) is 12.3 Å². The number of pyridine rings is 1. The monoisotopic (exact) mass is 445 g/mol. The Balaban J connectivity index is 1.92. The molecule has 2 aromatic heterocycles. The van der Waals surface area contributed by atoms with Crippen LogP contribution in [0.2, 0.25) is 0 Å². The first-order chi connectivity index (χ1) is 15.4. The van der Waals surface area contributed by atoms with E-state index < -0.39 is 17.4 Å². The Morgan fingerprint density at radius 1 is 1.16 bits per heavy atom. The Kier molecular flexibility index (Phi) is 5.65. The van der Waals surface area contributed by atoms with Gasteiger partial charge < -0.3 is 5.32 Å². The number of thiocarbonyl (C=S) groups is 1. The molecule has 32 heavy (non-hydrogen) atoms. The minimum atomic E-state index is -0.681. The quantitative estimate of drug-likeness (QED) is 0.271. The van der Waals surface area contributed by atoms with Gasteiger partial charge in [0, 0.05) is 18.4 Å². The van der Waals surface area contributed by atoms with E-state index in [1.165, 1.54) is 21.5 Å². The number of aromatic nitrogens is 2. The average Bonchev–Trinajstić information content (AvgIpc) is 2.77. The van der Waals surface area contributed by atoms with Crippen molar-refractivity contribution in [3.63, 3.8) is 0 Å². The first kappa shape index (κ1) is 21.1. The Labute approximate surface area is 188 Å². The lowest BCUT2D eigenvalue weighted by atomic mass is 10.1. The van der Waals surface area contributed by atoms with Crippen LogP contribution in [0.3, 0.4) is 0 Å². The Bertz CT molecular complexity index is 1360. The maximum Gasteiger partial charge on any atom is 0.267 e. The Hall–Kier alpha value is -4.11. The van der Waals surface area contributed by atoms with Gasteiger partial charge >= 0.3 is 0 Å². The van der Waals surface area contributed by atoms with Crippen molar-refractivity contribution in [2.45, 2.75) is 6.92 Å². The van der Waals surface area contributed by atoms with Crippen molar-refractivity contribution in [3.05, 3.63) is 88.4 Å². The molecule has 8 nitrogen and oxygen atoms in total. The standard InChI is InChI=1S/C23H19N5O3S/c1-3-11-27-22(31)17(20(29)26-23(27)32)12-16-19(24-15-7-5-4-6-8-15)25-18-10-9-14(2)13-28(18)21(16)30/h3-10,12-13,24H,1,11H2,2H3,(H,26,29,32). The van der Waals surface area contributed by atoms with Crippen LogP contribution in [0.15, 0.2) is 71.7 Å². The third kappa shape index (κ3) is 3.93. The van der Waals surface area contributed by atoms with Crippen LogP contribution in [0.1, 0.15) is 11.1 Å². The van der Waals surface area contributed by atoms with Gasteiger partial charge in [-0.25, -0.2) is 4.98 Å². The van der Waals surface area contributed by atoms with Crippen molar-refractivity contribution in [1.29, 1.82) is 0 Å². The lowest BCUT2D eigenvalue weighted by molar-refractivity contribution is -0.128. The Morgan fingerprint density at radius 2 is 1.91 bits per heavy atom. The number of nitrogens with one attached hydrogen (secondary N) is 2. The molecule has 9 heteroatoms. The van der Waals surface area contributed by atoms with Crippen LogP contribution in [0.25, 0.3) is 11.7 Å². The molecule has 0 radical (unpaired) electrons. The van der Waals surface area contributed by atoms with E-state index in [9.17, 15) is 14.4 Å². The van der Waals surface area contributed by atoms with E-state index in [4.69, 9.17) is 12.2 Å². The van der Waals surface area contributed by atoms with Crippen molar-refractivity contribution < 1.29 is 9.59 Å². The fraction of sp³-hybridized carbons (Fsp3) is 0.0870. The van der Waals surface area contributed by atoms with E-state index >= 15 is 0 Å². The lowest BCUT2D eigenvalue weighted by Crippen LogP contribution is -2.53. The topological polar surface area (TPSA) is 95.8 Å². The molecule has 1 aliphatic heterocycles. The first-order valence-electron chi connectivity index (χ1n) is 9.74. The minimum absolute atomic E-state index is 0.0105. The molecule has 0 bridgehead atoms. The second-order valence-corrected chi connectivity index (χ2v) is 7.51. The third-order valence-corrected chi connectivity index (χ3v) is 5.15. The summed E-state index contributed by atoms with van der Waals surface area (Å²) in [5.41, 5.74) is 1.41. The van der Waals surface area contributed by atoms with Crippen LogP contribution in [-0.2, 0) is 9.59 Å². The SMILES string of the molecule is C=CCN1C(=O)C(=Cc2c(Nc3ccccc3)nc3ccc(C)cn3c2=O)C(=O)NC1=S. The summed E-state index contributed by atoms with van der Waals surface area (Å²) in [6.07, 6.45) is 4.41. The van der Waals surface area contributed by atoms with E-state index in [-0.39, 0.29) is 28.6 Å². The molecule has 2 amide bonds. The minimum Gasteiger partial charge on any atom is -0.339 e. The highest BCUT2D eigenvalue weighted by Gasteiger charge is 2.33. The number of anilines is 2.